The van der Waals surface area contributed by atoms with Crippen molar-refractivity contribution in [3.05, 3.63) is 59.9 Å². The van der Waals surface area contributed by atoms with E-state index in [0.29, 0.717) is 43.2 Å². The third kappa shape index (κ3) is 6.12. The van der Waals surface area contributed by atoms with Crippen LogP contribution >= 0.6 is 0 Å². The SMILES string of the molecule is CC(=O)c1ccc(OCC(=O)N2CCN(CC(=O)Nc3cccc(F)c3)CC2)cc1. The van der Waals surface area contributed by atoms with Crippen molar-refractivity contribution in [2.75, 3.05) is 44.6 Å². The molecule has 0 saturated carbocycles. The Kier molecular flexibility index (Phi) is 7.13. The zero-order valence-corrected chi connectivity index (χ0v) is 16.8. The average molecular weight is 413 g/mol. The number of nitrogens with one attached hydrogen (secondary N) is 1. The number of benzene rings is 2. The highest BCUT2D eigenvalue weighted by atomic mass is 19.1. The van der Waals surface area contributed by atoms with E-state index >= 15 is 0 Å². The smallest absolute Gasteiger partial charge is 0.260 e. The van der Waals surface area contributed by atoms with Crippen LogP contribution in [-0.4, -0.2) is 66.7 Å². The summed E-state index contributed by atoms with van der Waals surface area (Å²) in [5, 5.41) is 2.67. The summed E-state index contributed by atoms with van der Waals surface area (Å²) in [5.41, 5.74) is 1.01. The van der Waals surface area contributed by atoms with Crippen LogP contribution in [0.25, 0.3) is 0 Å². The van der Waals surface area contributed by atoms with E-state index in [4.69, 9.17) is 4.74 Å². The molecule has 0 aromatic heterocycles. The van der Waals surface area contributed by atoms with Crippen LogP contribution in [0.3, 0.4) is 0 Å². The molecule has 0 spiro atoms. The van der Waals surface area contributed by atoms with Gasteiger partial charge in [0.15, 0.2) is 12.4 Å². The molecule has 1 N–H and O–H groups in total. The van der Waals surface area contributed by atoms with Crippen LogP contribution in [0.5, 0.6) is 5.75 Å². The minimum Gasteiger partial charge on any atom is -0.484 e. The second-order valence-electron chi connectivity index (χ2n) is 7.08. The van der Waals surface area contributed by atoms with Gasteiger partial charge in [-0.1, -0.05) is 6.07 Å². The fourth-order valence-electron chi connectivity index (χ4n) is 3.15. The maximum atomic E-state index is 13.2. The van der Waals surface area contributed by atoms with Crippen molar-refractivity contribution in [1.82, 2.24) is 9.80 Å². The molecule has 7 nitrogen and oxygen atoms in total. The van der Waals surface area contributed by atoms with Crippen molar-refractivity contribution in [2.45, 2.75) is 6.92 Å². The number of ketones is 1. The summed E-state index contributed by atoms with van der Waals surface area (Å²) < 4.78 is 18.7. The standard InChI is InChI=1S/C22H24FN3O4/c1-16(27)17-5-7-20(8-6-17)30-15-22(29)26-11-9-25(10-12-26)14-21(28)24-19-4-2-3-18(23)13-19/h2-8,13H,9-12,14-15H2,1H3,(H,24,28). The molecule has 158 valence electrons. The molecule has 2 amide bonds. The third-order valence-electron chi connectivity index (χ3n) is 4.82. The predicted molar refractivity (Wildman–Crippen MR) is 110 cm³/mol. The van der Waals surface area contributed by atoms with Gasteiger partial charge in [-0.05, 0) is 49.4 Å². The largest absolute Gasteiger partial charge is 0.484 e. The molecule has 3 rings (SSSR count). The first kappa shape index (κ1) is 21.4. The van der Waals surface area contributed by atoms with Crippen LogP contribution in [0.15, 0.2) is 48.5 Å². The number of carbonyl (C=O) groups is 3. The summed E-state index contributed by atoms with van der Waals surface area (Å²) in [7, 11) is 0. The van der Waals surface area contributed by atoms with Crippen molar-refractivity contribution < 1.29 is 23.5 Å². The van der Waals surface area contributed by atoms with Crippen LogP contribution in [0.2, 0.25) is 0 Å². The predicted octanol–water partition coefficient (Wildman–Crippen LogP) is 2.19. The van der Waals surface area contributed by atoms with E-state index in [1.54, 1.807) is 35.2 Å². The van der Waals surface area contributed by atoms with Gasteiger partial charge < -0.3 is 15.0 Å². The number of hydrogen-bond acceptors (Lipinski definition) is 5. The fourth-order valence-corrected chi connectivity index (χ4v) is 3.15. The van der Waals surface area contributed by atoms with E-state index in [1.807, 2.05) is 4.90 Å². The first-order valence-electron chi connectivity index (χ1n) is 9.70. The Hall–Kier alpha value is -3.26. The summed E-state index contributed by atoms with van der Waals surface area (Å²) in [6.45, 7) is 3.71. The second kappa shape index (κ2) is 9.98. The molecule has 0 unspecified atom stereocenters. The molecule has 30 heavy (non-hydrogen) atoms. The lowest BCUT2D eigenvalue weighted by atomic mass is 10.1. The van der Waals surface area contributed by atoms with Crippen molar-refractivity contribution in [1.29, 1.82) is 0 Å². The van der Waals surface area contributed by atoms with Gasteiger partial charge in [-0.2, -0.15) is 0 Å². The van der Waals surface area contributed by atoms with Gasteiger partial charge in [-0.3, -0.25) is 19.3 Å². The Bertz CT molecular complexity index is 909. The van der Waals surface area contributed by atoms with E-state index in [1.165, 1.54) is 25.1 Å². The molecule has 8 heteroatoms. The van der Waals surface area contributed by atoms with Crippen LogP contribution in [0.4, 0.5) is 10.1 Å². The molecule has 0 aliphatic carbocycles. The van der Waals surface area contributed by atoms with Crippen molar-refractivity contribution in [2.24, 2.45) is 0 Å². The summed E-state index contributed by atoms with van der Waals surface area (Å²) in [5.74, 6) is -0.259. The average Bonchev–Trinajstić information content (AvgIpc) is 2.72. The van der Waals surface area contributed by atoms with Crippen molar-refractivity contribution in [3.8, 4) is 5.75 Å². The van der Waals surface area contributed by atoms with Gasteiger partial charge in [0.05, 0.1) is 6.54 Å². The van der Waals surface area contributed by atoms with E-state index in [9.17, 15) is 18.8 Å². The van der Waals surface area contributed by atoms with E-state index in [0.717, 1.165) is 0 Å². The molecule has 1 aliphatic rings. The van der Waals surface area contributed by atoms with Gasteiger partial charge in [0.25, 0.3) is 5.91 Å². The Labute approximate surface area is 174 Å². The molecule has 0 bridgehead atoms. The topological polar surface area (TPSA) is 79.0 Å². The first-order chi connectivity index (χ1) is 14.4. The highest BCUT2D eigenvalue weighted by Crippen LogP contribution is 2.13. The maximum Gasteiger partial charge on any atom is 0.260 e. The van der Waals surface area contributed by atoms with Gasteiger partial charge >= 0.3 is 0 Å². The quantitative estimate of drug-likeness (QED) is 0.704. The Morgan fingerprint density at radius 1 is 1.03 bits per heavy atom. The number of ether oxygens (including phenoxy) is 1. The van der Waals surface area contributed by atoms with Crippen LogP contribution in [0, 0.1) is 5.82 Å². The zero-order valence-electron chi connectivity index (χ0n) is 16.8. The number of hydrogen-bond donors (Lipinski definition) is 1. The van der Waals surface area contributed by atoms with Gasteiger partial charge in [0.1, 0.15) is 11.6 Å². The molecule has 1 heterocycles. The van der Waals surface area contributed by atoms with Crippen LogP contribution in [0.1, 0.15) is 17.3 Å². The number of anilines is 1. The minimum absolute atomic E-state index is 0.0277. The number of carbonyl (C=O) groups excluding carboxylic acids is 3. The first-order valence-corrected chi connectivity index (χ1v) is 9.70. The molecule has 1 fully saturated rings. The minimum atomic E-state index is -0.406. The second-order valence-corrected chi connectivity index (χ2v) is 7.08. The summed E-state index contributed by atoms with van der Waals surface area (Å²) in [6, 6.07) is 12.4. The monoisotopic (exact) mass is 413 g/mol. The number of halogens is 1. The normalized spacial score (nSPS) is 14.3. The Morgan fingerprint density at radius 2 is 1.73 bits per heavy atom. The van der Waals surface area contributed by atoms with Crippen LogP contribution < -0.4 is 10.1 Å². The zero-order chi connectivity index (χ0) is 21.5. The Morgan fingerprint density at radius 3 is 2.37 bits per heavy atom. The van der Waals surface area contributed by atoms with Gasteiger partial charge in [0, 0.05) is 37.4 Å². The molecule has 2 aromatic rings. The number of amides is 2. The lowest BCUT2D eigenvalue weighted by molar-refractivity contribution is -0.135. The molecule has 1 aliphatic heterocycles. The van der Waals surface area contributed by atoms with Crippen molar-refractivity contribution >= 4 is 23.3 Å². The Balaban J connectivity index is 1.39. The molecule has 2 aromatic carbocycles. The lowest BCUT2D eigenvalue weighted by Crippen LogP contribution is -2.51. The number of rotatable bonds is 7. The van der Waals surface area contributed by atoms with Crippen molar-refractivity contribution in [3.63, 3.8) is 0 Å². The molecular formula is C22H24FN3O4. The third-order valence-corrected chi connectivity index (χ3v) is 4.82. The molecule has 0 radical (unpaired) electrons. The van der Waals surface area contributed by atoms with E-state index < -0.39 is 5.82 Å². The fraction of sp³-hybridized carbons (Fsp3) is 0.318. The van der Waals surface area contributed by atoms with E-state index in [-0.39, 0.29) is 30.7 Å². The van der Waals surface area contributed by atoms with Gasteiger partial charge in [0.2, 0.25) is 5.91 Å². The number of piperazine rings is 1. The lowest BCUT2D eigenvalue weighted by Gasteiger charge is -2.34. The number of Topliss-reactive ketones (excluding diaryl/α,β-unsaturated/α-hetero) is 1. The van der Waals surface area contributed by atoms with Gasteiger partial charge in [-0.15, -0.1) is 0 Å². The highest BCUT2D eigenvalue weighted by Gasteiger charge is 2.22. The maximum absolute atomic E-state index is 13.2. The highest BCUT2D eigenvalue weighted by molar-refractivity contribution is 5.94. The molecular weight excluding hydrogens is 389 g/mol. The summed E-state index contributed by atoms with van der Waals surface area (Å²) in [4.78, 5) is 39.4. The molecule has 1 saturated heterocycles. The number of nitrogens with zero attached hydrogens (tertiary/aromatic N) is 2. The summed E-state index contributed by atoms with van der Waals surface area (Å²) in [6.07, 6.45) is 0. The summed E-state index contributed by atoms with van der Waals surface area (Å²) >= 11 is 0. The van der Waals surface area contributed by atoms with Crippen LogP contribution in [-0.2, 0) is 9.59 Å². The van der Waals surface area contributed by atoms with E-state index in [2.05, 4.69) is 5.32 Å². The molecule has 0 atom stereocenters. The van der Waals surface area contributed by atoms with Gasteiger partial charge in [-0.25, -0.2) is 4.39 Å².